The standard InChI is InChI=1S/C17H14N2O3/c1-22-12-8-6-11(7-9-12)17-10-15(20)16(21)19(17)14-5-3-2-4-13(14)18-17/h2-10,18,20H,1H3/t17-/m1/s1. The van der Waals surface area contributed by atoms with Gasteiger partial charge in [0.2, 0.25) is 0 Å². The SMILES string of the molecule is COc1ccc([C@@]23C=C(O)C(=O)N2c2ccccc2N3)cc1. The van der Waals surface area contributed by atoms with Crippen molar-refractivity contribution in [1.29, 1.82) is 0 Å². The Morgan fingerprint density at radius 3 is 2.59 bits per heavy atom. The summed E-state index contributed by atoms with van der Waals surface area (Å²) in [5.41, 5.74) is 1.57. The van der Waals surface area contributed by atoms with Crippen molar-refractivity contribution in [2.75, 3.05) is 17.3 Å². The van der Waals surface area contributed by atoms with Gasteiger partial charge < -0.3 is 15.2 Å². The summed E-state index contributed by atoms with van der Waals surface area (Å²) in [6.07, 6.45) is 1.55. The third-order valence-electron chi connectivity index (χ3n) is 4.12. The van der Waals surface area contributed by atoms with Crippen molar-refractivity contribution < 1.29 is 14.6 Å². The number of para-hydroxylation sites is 2. The number of carbonyl (C=O) groups is 1. The van der Waals surface area contributed by atoms with Gasteiger partial charge >= 0.3 is 0 Å². The Morgan fingerprint density at radius 2 is 1.86 bits per heavy atom. The molecule has 0 bridgehead atoms. The maximum atomic E-state index is 12.4. The molecule has 0 aromatic heterocycles. The molecular weight excluding hydrogens is 280 g/mol. The molecule has 2 aliphatic rings. The highest BCUT2D eigenvalue weighted by Crippen LogP contribution is 2.49. The molecule has 2 heterocycles. The number of ether oxygens (including phenoxy) is 1. The van der Waals surface area contributed by atoms with Crippen molar-refractivity contribution in [3.8, 4) is 5.75 Å². The van der Waals surface area contributed by atoms with Crippen molar-refractivity contribution >= 4 is 17.3 Å². The van der Waals surface area contributed by atoms with Crippen molar-refractivity contribution in [3.63, 3.8) is 0 Å². The minimum atomic E-state index is -0.892. The summed E-state index contributed by atoms with van der Waals surface area (Å²) in [6, 6.07) is 15.0. The van der Waals surface area contributed by atoms with Gasteiger partial charge in [0.15, 0.2) is 11.4 Å². The molecule has 5 heteroatoms. The molecule has 110 valence electrons. The molecule has 2 N–H and O–H groups in total. The Kier molecular flexibility index (Phi) is 2.48. The fourth-order valence-electron chi connectivity index (χ4n) is 3.10. The molecule has 22 heavy (non-hydrogen) atoms. The molecule has 1 atom stereocenters. The number of benzene rings is 2. The van der Waals surface area contributed by atoms with E-state index in [9.17, 15) is 9.90 Å². The van der Waals surface area contributed by atoms with Gasteiger partial charge in [-0.25, -0.2) is 0 Å². The predicted octanol–water partition coefficient (Wildman–Crippen LogP) is 2.76. The zero-order chi connectivity index (χ0) is 15.3. The molecule has 0 unspecified atom stereocenters. The maximum Gasteiger partial charge on any atom is 0.295 e. The average molecular weight is 294 g/mol. The number of nitrogens with zero attached hydrogens (tertiary/aromatic N) is 1. The fraction of sp³-hybridized carbons (Fsp3) is 0.118. The summed E-state index contributed by atoms with van der Waals surface area (Å²) in [7, 11) is 1.61. The monoisotopic (exact) mass is 294 g/mol. The highest BCUT2D eigenvalue weighted by atomic mass is 16.5. The lowest BCUT2D eigenvalue weighted by Gasteiger charge is -2.31. The van der Waals surface area contributed by atoms with Crippen LogP contribution < -0.4 is 15.0 Å². The van der Waals surface area contributed by atoms with Crippen LogP contribution in [0.1, 0.15) is 5.56 Å². The van der Waals surface area contributed by atoms with Crippen LogP contribution in [0.3, 0.4) is 0 Å². The average Bonchev–Trinajstić information content (AvgIpc) is 3.00. The van der Waals surface area contributed by atoms with Crippen molar-refractivity contribution in [1.82, 2.24) is 0 Å². The Balaban J connectivity index is 1.89. The second kappa shape index (κ2) is 4.27. The van der Waals surface area contributed by atoms with Crippen molar-refractivity contribution in [3.05, 3.63) is 65.9 Å². The van der Waals surface area contributed by atoms with Gasteiger partial charge in [0, 0.05) is 11.6 Å². The number of carbonyl (C=O) groups excluding carboxylic acids is 1. The summed E-state index contributed by atoms with van der Waals surface area (Å²) in [4.78, 5) is 14.0. The minimum absolute atomic E-state index is 0.252. The minimum Gasteiger partial charge on any atom is -0.503 e. The quantitative estimate of drug-likeness (QED) is 0.894. The number of rotatable bonds is 2. The number of nitrogens with one attached hydrogen (secondary N) is 1. The van der Waals surface area contributed by atoms with E-state index in [1.54, 1.807) is 18.1 Å². The fourth-order valence-corrected chi connectivity index (χ4v) is 3.10. The summed E-state index contributed by atoms with van der Waals surface area (Å²) in [5, 5.41) is 13.3. The van der Waals surface area contributed by atoms with Gasteiger partial charge in [-0.2, -0.15) is 0 Å². The van der Waals surface area contributed by atoms with Crippen LogP contribution in [0.5, 0.6) is 5.75 Å². The molecule has 2 aromatic rings. The molecule has 4 rings (SSSR count). The molecule has 0 spiro atoms. The van der Waals surface area contributed by atoms with Gasteiger partial charge in [-0.05, 0) is 24.3 Å². The Labute approximate surface area is 127 Å². The van der Waals surface area contributed by atoms with E-state index in [0.29, 0.717) is 0 Å². The molecule has 1 amide bonds. The third kappa shape index (κ3) is 1.50. The van der Waals surface area contributed by atoms with Gasteiger partial charge in [-0.1, -0.05) is 24.3 Å². The van der Waals surface area contributed by atoms with Gasteiger partial charge in [-0.15, -0.1) is 0 Å². The zero-order valence-corrected chi connectivity index (χ0v) is 11.9. The molecule has 0 saturated carbocycles. The highest BCUT2D eigenvalue weighted by Gasteiger charge is 2.52. The summed E-state index contributed by atoms with van der Waals surface area (Å²) >= 11 is 0. The summed E-state index contributed by atoms with van der Waals surface area (Å²) in [6.45, 7) is 0. The number of fused-ring (bicyclic) bond motifs is 3. The van der Waals surface area contributed by atoms with Crippen LogP contribution in [0.4, 0.5) is 11.4 Å². The van der Waals surface area contributed by atoms with Gasteiger partial charge in [0.05, 0.1) is 18.5 Å². The van der Waals surface area contributed by atoms with Crippen LogP contribution in [0, 0.1) is 0 Å². The molecule has 0 aliphatic carbocycles. The Hall–Kier alpha value is -2.95. The number of aliphatic hydroxyl groups excluding tert-OH is 1. The van der Waals surface area contributed by atoms with E-state index < -0.39 is 11.6 Å². The smallest absolute Gasteiger partial charge is 0.295 e. The van der Waals surface area contributed by atoms with E-state index in [-0.39, 0.29) is 5.76 Å². The van der Waals surface area contributed by atoms with Gasteiger partial charge in [0.25, 0.3) is 5.91 Å². The molecule has 0 saturated heterocycles. The third-order valence-corrected chi connectivity index (χ3v) is 4.12. The second-order valence-electron chi connectivity index (χ2n) is 5.31. The van der Waals surface area contributed by atoms with E-state index >= 15 is 0 Å². The maximum absolute atomic E-state index is 12.4. The van der Waals surface area contributed by atoms with Crippen LogP contribution in [0.15, 0.2) is 60.4 Å². The number of aliphatic hydroxyl groups is 1. The molecule has 0 radical (unpaired) electrons. The highest BCUT2D eigenvalue weighted by molar-refractivity contribution is 6.13. The zero-order valence-electron chi connectivity index (χ0n) is 11.9. The summed E-state index contributed by atoms with van der Waals surface area (Å²) < 4.78 is 5.18. The lowest BCUT2D eigenvalue weighted by atomic mass is 10.00. The molecule has 2 aromatic carbocycles. The van der Waals surface area contributed by atoms with E-state index in [4.69, 9.17) is 4.74 Å². The Bertz CT molecular complexity index is 798. The number of anilines is 2. The number of hydrogen-bond acceptors (Lipinski definition) is 4. The van der Waals surface area contributed by atoms with Crippen LogP contribution >= 0.6 is 0 Å². The first-order chi connectivity index (χ1) is 10.7. The predicted molar refractivity (Wildman–Crippen MR) is 82.9 cm³/mol. The molecule has 5 nitrogen and oxygen atoms in total. The van der Waals surface area contributed by atoms with Crippen LogP contribution in [-0.4, -0.2) is 18.1 Å². The van der Waals surface area contributed by atoms with Crippen LogP contribution in [0.2, 0.25) is 0 Å². The van der Waals surface area contributed by atoms with E-state index in [1.165, 1.54) is 0 Å². The number of hydrogen-bond donors (Lipinski definition) is 2. The van der Waals surface area contributed by atoms with Crippen molar-refractivity contribution in [2.24, 2.45) is 0 Å². The molecule has 0 fully saturated rings. The van der Waals surface area contributed by atoms with Crippen LogP contribution in [0.25, 0.3) is 0 Å². The molecular formula is C17H14N2O3. The van der Waals surface area contributed by atoms with E-state index in [0.717, 1.165) is 22.7 Å². The first kappa shape index (κ1) is 12.8. The first-order valence-corrected chi connectivity index (χ1v) is 6.94. The van der Waals surface area contributed by atoms with E-state index in [2.05, 4.69) is 5.32 Å². The number of methoxy groups -OCH3 is 1. The van der Waals surface area contributed by atoms with Crippen LogP contribution in [-0.2, 0) is 10.5 Å². The normalized spacial score (nSPS) is 22.0. The Morgan fingerprint density at radius 1 is 1.14 bits per heavy atom. The van der Waals surface area contributed by atoms with Gasteiger partial charge in [0.1, 0.15) is 5.75 Å². The first-order valence-electron chi connectivity index (χ1n) is 6.94. The molecule has 2 aliphatic heterocycles. The van der Waals surface area contributed by atoms with Gasteiger partial charge in [-0.3, -0.25) is 9.69 Å². The largest absolute Gasteiger partial charge is 0.503 e. The second-order valence-corrected chi connectivity index (χ2v) is 5.31. The summed E-state index contributed by atoms with van der Waals surface area (Å²) in [5.74, 6) is 0.0748. The lowest BCUT2D eigenvalue weighted by Crippen LogP contribution is -2.45. The van der Waals surface area contributed by atoms with E-state index in [1.807, 2.05) is 48.5 Å². The lowest BCUT2D eigenvalue weighted by molar-refractivity contribution is -0.117. The topological polar surface area (TPSA) is 61.8 Å². The van der Waals surface area contributed by atoms with Crippen molar-refractivity contribution in [2.45, 2.75) is 5.66 Å². The number of amides is 1.